The van der Waals surface area contributed by atoms with Crippen LogP contribution in [0.3, 0.4) is 0 Å². The highest BCUT2D eigenvalue weighted by molar-refractivity contribution is 7.80. The fourth-order valence-corrected chi connectivity index (χ4v) is 3.63. The molecule has 0 aromatic heterocycles. The van der Waals surface area contributed by atoms with Crippen molar-refractivity contribution in [2.75, 3.05) is 18.8 Å². The monoisotopic (exact) mass is 473 g/mol. The predicted octanol–water partition coefficient (Wildman–Crippen LogP) is -2.00. The summed E-state index contributed by atoms with van der Waals surface area (Å²) in [5.74, 6) is -3.00. The summed E-state index contributed by atoms with van der Waals surface area (Å²) in [5.41, 5.74) is 16.4. The van der Waals surface area contributed by atoms with Crippen LogP contribution in [0.5, 0.6) is 0 Å². The number of likely N-dealkylation sites (tertiary alicyclic amines) is 1. The third kappa shape index (κ3) is 8.19. The number of nitrogens with one attached hydrogen (secondary N) is 2. The second kappa shape index (κ2) is 13.1. The molecule has 3 amide bonds. The molecule has 0 radical (unpaired) electrons. The molecule has 1 saturated heterocycles. The number of amides is 3. The molecule has 0 saturated carbocycles. The van der Waals surface area contributed by atoms with Crippen LogP contribution in [0.15, 0.2) is 4.99 Å². The van der Waals surface area contributed by atoms with Crippen molar-refractivity contribution in [3.05, 3.63) is 0 Å². The van der Waals surface area contributed by atoms with Crippen LogP contribution < -0.4 is 27.8 Å². The molecule has 1 aliphatic rings. The van der Waals surface area contributed by atoms with Gasteiger partial charge in [-0.3, -0.25) is 19.4 Å². The minimum absolute atomic E-state index is 0.0138. The number of carbonyl (C=O) groups excluding carboxylic acids is 3. The molecular weight excluding hydrogens is 438 g/mol. The van der Waals surface area contributed by atoms with Gasteiger partial charge in [0.2, 0.25) is 17.7 Å². The van der Waals surface area contributed by atoms with Gasteiger partial charge in [-0.25, -0.2) is 4.79 Å². The predicted molar refractivity (Wildman–Crippen MR) is 123 cm³/mol. The molecule has 12 nitrogen and oxygen atoms in total. The Morgan fingerprint density at radius 3 is 2.41 bits per heavy atom. The molecule has 0 aromatic rings. The van der Waals surface area contributed by atoms with E-state index >= 15 is 0 Å². The van der Waals surface area contributed by atoms with E-state index in [0.717, 1.165) is 0 Å². The van der Waals surface area contributed by atoms with Crippen molar-refractivity contribution < 1.29 is 24.3 Å². The lowest BCUT2D eigenvalue weighted by molar-refractivity contribution is -0.145. The van der Waals surface area contributed by atoms with Crippen molar-refractivity contribution in [3.63, 3.8) is 0 Å². The first kappa shape index (κ1) is 27.5. The van der Waals surface area contributed by atoms with Gasteiger partial charge < -0.3 is 37.8 Å². The van der Waals surface area contributed by atoms with Crippen LogP contribution >= 0.6 is 12.6 Å². The number of carbonyl (C=O) groups is 4. The Morgan fingerprint density at radius 2 is 1.88 bits per heavy atom. The average Bonchev–Trinajstić information content (AvgIpc) is 3.21. The lowest BCUT2D eigenvalue weighted by atomic mass is 10.0. The van der Waals surface area contributed by atoms with Gasteiger partial charge in [0, 0.05) is 18.8 Å². The van der Waals surface area contributed by atoms with Crippen LogP contribution in [0, 0.1) is 5.92 Å². The van der Waals surface area contributed by atoms with Crippen LogP contribution in [0.1, 0.15) is 39.5 Å². The van der Waals surface area contributed by atoms with Crippen molar-refractivity contribution in [1.82, 2.24) is 15.5 Å². The molecule has 0 aromatic carbocycles. The normalized spacial score (nSPS) is 18.5. The second-order valence-corrected chi connectivity index (χ2v) is 8.42. The van der Waals surface area contributed by atoms with Crippen molar-refractivity contribution in [2.24, 2.45) is 28.1 Å². The summed E-state index contributed by atoms with van der Waals surface area (Å²) < 4.78 is 0. The Balaban J connectivity index is 2.73. The molecule has 1 heterocycles. The Hall–Kier alpha value is -2.54. The lowest BCUT2D eigenvalue weighted by Crippen LogP contribution is -2.57. The molecule has 4 atom stereocenters. The molecule has 1 rings (SSSR count). The number of nitrogens with zero attached hydrogens (tertiary/aromatic N) is 2. The summed E-state index contributed by atoms with van der Waals surface area (Å²) in [5, 5.41) is 14.4. The van der Waals surface area contributed by atoms with Crippen molar-refractivity contribution in [1.29, 1.82) is 0 Å². The van der Waals surface area contributed by atoms with Gasteiger partial charge in [0.1, 0.15) is 18.1 Å². The Bertz CT molecular complexity index is 714. The Kier molecular flexibility index (Phi) is 11.3. The molecule has 1 aliphatic heterocycles. The third-order valence-electron chi connectivity index (χ3n) is 5.17. The first-order valence-electron chi connectivity index (χ1n) is 10.5. The molecule has 182 valence electrons. The molecule has 0 aliphatic carbocycles. The lowest BCUT2D eigenvalue weighted by Gasteiger charge is -2.29. The molecule has 13 heteroatoms. The van der Waals surface area contributed by atoms with E-state index in [2.05, 4.69) is 28.3 Å². The Labute approximate surface area is 193 Å². The van der Waals surface area contributed by atoms with Gasteiger partial charge >= 0.3 is 5.97 Å². The van der Waals surface area contributed by atoms with Gasteiger partial charge in [0.25, 0.3) is 0 Å². The van der Waals surface area contributed by atoms with Gasteiger partial charge in [-0.15, -0.1) is 0 Å². The van der Waals surface area contributed by atoms with Gasteiger partial charge in [0.05, 0.1) is 6.04 Å². The van der Waals surface area contributed by atoms with Gasteiger partial charge in [0.15, 0.2) is 5.96 Å². The number of hydrogen-bond donors (Lipinski definition) is 7. The van der Waals surface area contributed by atoms with Crippen molar-refractivity contribution >= 4 is 42.3 Å². The van der Waals surface area contributed by atoms with Crippen molar-refractivity contribution in [2.45, 2.75) is 63.7 Å². The fourth-order valence-electron chi connectivity index (χ4n) is 3.38. The molecule has 4 unspecified atom stereocenters. The van der Waals surface area contributed by atoms with Gasteiger partial charge in [-0.2, -0.15) is 12.6 Å². The number of guanidine groups is 1. The summed E-state index contributed by atoms with van der Waals surface area (Å²) in [6.07, 6.45) is 1.79. The second-order valence-electron chi connectivity index (χ2n) is 8.06. The summed E-state index contributed by atoms with van der Waals surface area (Å²) in [7, 11) is 0. The number of carboxylic acids is 1. The zero-order chi connectivity index (χ0) is 24.4. The molecular formula is C19H35N7O5S. The zero-order valence-corrected chi connectivity index (χ0v) is 19.4. The van der Waals surface area contributed by atoms with E-state index in [1.807, 2.05) is 0 Å². The largest absolute Gasteiger partial charge is 0.480 e. The fraction of sp³-hybridized carbons (Fsp3) is 0.737. The van der Waals surface area contributed by atoms with Crippen LogP contribution in [0.25, 0.3) is 0 Å². The number of thiol groups is 1. The smallest absolute Gasteiger partial charge is 0.326 e. The molecule has 1 fully saturated rings. The number of aliphatic carboxylic acids is 1. The first-order valence-corrected chi connectivity index (χ1v) is 11.2. The van der Waals surface area contributed by atoms with Gasteiger partial charge in [-0.1, -0.05) is 13.8 Å². The highest BCUT2D eigenvalue weighted by atomic mass is 32.1. The number of carboxylic acid groups (broad SMARTS) is 1. The van der Waals surface area contributed by atoms with E-state index in [-0.39, 0.29) is 17.6 Å². The first-order chi connectivity index (χ1) is 15.0. The standard InChI is InChI=1S/C19H35N7O5S/c1-10(2)14(18(30)31)25-16(28)13-6-4-8-26(13)17(29)12(9-32)24-15(27)11(20)5-3-7-23-19(21)22/h10-14,32H,3-9,20H2,1-2H3,(H,24,27)(H,25,28)(H,30,31)(H4,21,22,23). The van der Waals surface area contributed by atoms with Crippen molar-refractivity contribution in [3.8, 4) is 0 Å². The van der Waals surface area contributed by atoms with E-state index in [9.17, 15) is 24.3 Å². The number of aliphatic imine (C=N–C) groups is 1. The van der Waals surface area contributed by atoms with Crippen LogP contribution in [-0.4, -0.2) is 82.7 Å². The highest BCUT2D eigenvalue weighted by Crippen LogP contribution is 2.20. The van der Waals surface area contributed by atoms with E-state index in [1.165, 1.54) is 4.90 Å². The maximum absolute atomic E-state index is 13.0. The molecule has 32 heavy (non-hydrogen) atoms. The number of hydrogen-bond acceptors (Lipinski definition) is 7. The van der Waals surface area contributed by atoms with E-state index < -0.39 is 47.9 Å². The maximum atomic E-state index is 13.0. The summed E-state index contributed by atoms with van der Waals surface area (Å²) >= 11 is 4.16. The molecule has 0 bridgehead atoms. The van der Waals surface area contributed by atoms with Crippen LogP contribution in [-0.2, 0) is 19.2 Å². The summed E-state index contributed by atoms with van der Waals surface area (Å²) in [4.78, 5) is 54.7. The SMILES string of the molecule is CC(C)C(NC(=O)C1CCCN1C(=O)C(CS)NC(=O)C(N)CCCN=C(N)N)C(=O)O. The quantitative estimate of drug-likeness (QED) is 0.0728. The maximum Gasteiger partial charge on any atom is 0.326 e. The number of nitrogens with two attached hydrogens (primary N) is 3. The zero-order valence-electron chi connectivity index (χ0n) is 18.5. The topological polar surface area (TPSA) is 206 Å². The Morgan fingerprint density at radius 1 is 1.22 bits per heavy atom. The van der Waals surface area contributed by atoms with E-state index in [4.69, 9.17) is 17.2 Å². The summed E-state index contributed by atoms with van der Waals surface area (Å²) in [6.45, 7) is 4.02. The summed E-state index contributed by atoms with van der Waals surface area (Å²) in [6, 6.07) is -3.70. The van der Waals surface area contributed by atoms with Crippen LogP contribution in [0.2, 0.25) is 0 Å². The van der Waals surface area contributed by atoms with E-state index in [1.54, 1.807) is 13.8 Å². The van der Waals surface area contributed by atoms with Crippen LogP contribution in [0.4, 0.5) is 0 Å². The molecule has 9 N–H and O–H groups in total. The number of rotatable bonds is 12. The average molecular weight is 474 g/mol. The molecule has 0 spiro atoms. The minimum atomic E-state index is -1.14. The van der Waals surface area contributed by atoms with E-state index in [0.29, 0.717) is 38.8 Å². The minimum Gasteiger partial charge on any atom is -0.480 e. The highest BCUT2D eigenvalue weighted by Gasteiger charge is 2.39. The third-order valence-corrected chi connectivity index (χ3v) is 5.54. The van der Waals surface area contributed by atoms with Gasteiger partial charge in [-0.05, 0) is 31.6 Å².